The number of non-ortho nitro benzene ring substituents is 1. The van der Waals surface area contributed by atoms with E-state index in [0.717, 1.165) is 5.69 Å². The van der Waals surface area contributed by atoms with Gasteiger partial charge >= 0.3 is 0 Å². The average Bonchev–Trinajstić information content (AvgIpc) is 2.85. The predicted octanol–water partition coefficient (Wildman–Crippen LogP) is 4.46. The number of anilines is 2. The summed E-state index contributed by atoms with van der Waals surface area (Å²) in [5.41, 5.74) is 2.28. The van der Waals surface area contributed by atoms with Crippen molar-refractivity contribution in [1.82, 2.24) is 4.90 Å². The van der Waals surface area contributed by atoms with Crippen LogP contribution in [0.4, 0.5) is 17.1 Å². The average molecular weight is 465 g/mol. The number of benzene rings is 3. The number of carbonyl (C=O) groups is 2. The summed E-state index contributed by atoms with van der Waals surface area (Å²) in [6.45, 7) is 2.59. The molecule has 33 heavy (non-hydrogen) atoms. The molecule has 0 atom stereocenters. The fourth-order valence-electron chi connectivity index (χ4n) is 3.66. The number of nitro groups is 1. The number of rotatable bonds is 5. The van der Waals surface area contributed by atoms with Gasteiger partial charge in [-0.3, -0.25) is 19.7 Å². The number of nitro benzene ring substituents is 1. The van der Waals surface area contributed by atoms with Crippen molar-refractivity contribution < 1.29 is 14.5 Å². The first-order chi connectivity index (χ1) is 15.9. The van der Waals surface area contributed by atoms with E-state index in [-0.39, 0.29) is 17.2 Å². The van der Waals surface area contributed by atoms with E-state index >= 15 is 0 Å². The highest BCUT2D eigenvalue weighted by molar-refractivity contribution is 6.30. The molecule has 0 saturated carbocycles. The van der Waals surface area contributed by atoms with Crippen molar-refractivity contribution in [3.8, 4) is 0 Å². The molecule has 1 saturated heterocycles. The highest BCUT2D eigenvalue weighted by Crippen LogP contribution is 2.22. The SMILES string of the molecule is O=C(Nc1ccc(N2CCN(C(=O)c3ccc(Cl)cc3)CC2)cc1)c1cccc([N+](=O)[O-])c1. The molecule has 0 aromatic heterocycles. The van der Waals surface area contributed by atoms with Crippen LogP contribution in [-0.4, -0.2) is 47.8 Å². The number of hydrogen-bond donors (Lipinski definition) is 1. The lowest BCUT2D eigenvalue weighted by Crippen LogP contribution is -2.48. The maximum absolute atomic E-state index is 12.7. The second kappa shape index (κ2) is 9.70. The molecule has 2 amide bonds. The van der Waals surface area contributed by atoms with Crippen molar-refractivity contribution in [2.45, 2.75) is 0 Å². The maximum Gasteiger partial charge on any atom is 0.270 e. The second-order valence-corrected chi connectivity index (χ2v) is 8.03. The third-order valence-corrected chi connectivity index (χ3v) is 5.72. The monoisotopic (exact) mass is 464 g/mol. The van der Waals surface area contributed by atoms with Crippen molar-refractivity contribution in [3.63, 3.8) is 0 Å². The summed E-state index contributed by atoms with van der Waals surface area (Å²) in [4.78, 5) is 39.5. The molecule has 9 heteroatoms. The zero-order valence-corrected chi connectivity index (χ0v) is 18.4. The van der Waals surface area contributed by atoms with Gasteiger partial charge in [0.1, 0.15) is 0 Å². The maximum atomic E-state index is 12.7. The van der Waals surface area contributed by atoms with Gasteiger partial charge < -0.3 is 15.1 Å². The normalized spacial score (nSPS) is 13.5. The van der Waals surface area contributed by atoms with Crippen LogP contribution in [0, 0.1) is 10.1 Å². The van der Waals surface area contributed by atoms with E-state index in [9.17, 15) is 19.7 Å². The number of nitrogens with one attached hydrogen (secondary N) is 1. The van der Waals surface area contributed by atoms with E-state index in [1.165, 1.54) is 24.3 Å². The second-order valence-electron chi connectivity index (χ2n) is 7.59. The van der Waals surface area contributed by atoms with Crippen LogP contribution in [0.5, 0.6) is 0 Å². The quantitative estimate of drug-likeness (QED) is 0.444. The Balaban J connectivity index is 1.34. The summed E-state index contributed by atoms with van der Waals surface area (Å²) >= 11 is 5.90. The Morgan fingerprint density at radius 3 is 2.18 bits per heavy atom. The summed E-state index contributed by atoms with van der Waals surface area (Å²) in [6, 6.07) is 19.9. The smallest absolute Gasteiger partial charge is 0.270 e. The van der Waals surface area contributed by atoms with Gasteiger partial charge in [0.05, 0.1) is 4.92 Å². The zero-order valence-electron chi connectivity index (χ0n) is 17.6. The molecule has 1 aliphatic heterocycles. The molecule has 1 aliphatic rings. The summed E-state index contributed by atoms with van der Waals surface area (Å²) in [5.74, 6) is -0.425. The summed E-state index contributed by atoms with van der Waals surface area (Å²) in [6.07, 6.45) is 0. The molecule has 0 unspecified atom stereocenters. The van der Waals surface area contributed by atoms with Gasteiger partial charge in [0.25, 0.3) is 17.5 Å². The van der Waals surface area contributed by atoms with Crippen molar-refractivity contribution in [2.75, 3.05) is 36.4 Å². The highest BCUT2D eigenvalue weighted by Gasteiger charge is 2.22. The van der Waals surface area contributed by atoms with Crippen LogP contribution in [0.15, 0.2) is 72.8 Å². The van der Waals surface area contributed by atoms with Crippen LogP contribution in [0.2, 0.25) is 5.02 Å². The van der Waals surface area contributed by atoms with E-state index in [0.29, 0.717) is 42.5 Å². The lowest BCUT2D eigenvalue weighted by Gasteiger charge is -2.36. The Labute approximate surface area is 195 Å². The van der Waals surface area contributed by atoms with Gasteiger partial charge in [0.15, 0.2) is 0 Å². The van der Waals surface area contributed by atoms with Gasteiger partial charge in [-0.15, -0.1) is 0 Å². The van der Waals surface area contributed by atoms with E-state index in [1.807, 2.05) is 17.0 Å². The molecule has 3 aromatic carbocycles. The van der Waals surface area contributed by atoms with Crippen LogP contribution in [-0.2, 0) is 0 Å². The molecule has 1 heterocycles. The molecule has 168 valence electrons. The molecule has 0 bridgehead atoms. The largest absolute Gasteiger partial charge is 0.368 e. The Bertz CT molecular complexity index is 1170. The minimum Gasteiger partial charge on any atom is -0.368 e. The molecule has 1 N–H and O–H groups in total. The number of carbonyl (C=O) groups excluding carboxylic acids is 2. The number of hydrogen-bond acceptors (Lipinski definition) is 5. The first-order valence-electron chi connectivity index (χ1n) is 10.4. The lowest BCUT2D eigenvalue weighted by molar-refractivity contribution is -0.384. The van der Waals surface area contributed by atoms with Crippen molar-refractivity contribution in [1.29, 1.82) is 0 Å². The highest BCUT2D eigenvalue weighted by atomic mass is 35.5. The Morgan fingerprint density at radius 2 is 1.55 bits per heavy atom. The van der Waals surface area contributed by atoms with E-state index in [1.54, 1.807) is 36.4 Å². The third-order valence-electron chi connectivity index (χ3n) is 5.47. The van der Waals surface area contributed by atoms with Crippen molar-refractivity contribution >= 4 is 40.5 Å². The van der Waals surface area contributed by atoms with Crippen molar-refractivity contribution in [2.24, 2.45) is 0 Å². The molecule has 0 radical (unpaired) electrons. The molecule has 8 nitrogen and oxygen atoms in total. The number of halogens is 1. The van der Waals surface area contributed by atoms with E-state index in [4.69, 9.17) is 11.6 Å². The topological polar surface area (TPSA) is 95.8 Å². The fraction of sp³-hybridized carbons (Fsp3) is 0.167. The van der Waals surface area contributed by atoms with Gasteiger partial charge in [0, 0.05) is 65.8 Å². The standard InChI is InChI=1S/C24H21ClN4O4/c25-19-6-4-17(5-7-19)24(31)28-14-12-27(13-15-28)21-10-8-20(9-11-21)26-23(30)18-2-1-3-22(16-18)29(32)33/h1-11,16H,12-15H2,(H,26,30). The van der Waals surface area contributed by atoms with E-state index < -0.39 is 10.8 Å². The Hall–Kier alpha value is -3.91. The number of piperazine rings is 1. The third kappa shape index (κ3) is 5.30. The molecular weight excluding hydrogens is 444 g/mol. The summed E-state index contributed by atoms with van der Waals surface area (Å²) in [7, 11) is 0. The number of nitrogens with zero attached hydrogens (tertiary/aromatic N) is 3. The van der Waals surface area contributed by atoms with Crippen LogP contribution in [0.3, 0.4) is 0 Å². The molecule has 3 aromatic rings. The minimum absolute atomic E-state index is 0.00877. The molecular formula is C24H21ClN4O4. The van der Waals surface area contributed by atoms with Crippen LogP contribution in [0.25, 0.3) is 0 Å². The van der Waals surface area contributed by atoms with Gasteiger partial charge in [0.2, 0.25) is 0 Å². The van der Waals surface area contributed by atoms with Gasteiger partial charge in [-0.25, -0.2) is 0 Å². The van der Waals surface area contributed by atoms with Crippen LogP contribution in [0.1, 0.15) is 20.7 Å². The van der Waals surface area contributed by atoms with E-state index in [2.05, 4.69) is 10.2 Å². The first-order valence-corrected chi connectivity index (χ1v) is 10.7. The lowest BCUT2D eigenvalue weighted by atomic mass is 10.1. The fourth-order valence-corrected chi connectivity index (χ4v) is 3.79. The zero-order chi connectivity index (χ0) is 23.4. The molecule has 4 rings (SSSR count). The summed E-state index contributed by atoms with van der Waals surface area (Å²) in [5, 5.41) is 14.3. The minimum atomic E-state index is -0.533. The Kier molecular flexibility index (Phi) is 6.55. The molecule has 0 spiro atoms. The summed E-state index contributed by atoms with van der Waals surface area (Å²) < 4.78 is 0. The van der Waals surface area contributed by atoms with Crippen LogP contribution < -0.4 is 10.2 Å². The Morgan fingerprint density at radius 1 is 0.879 bits per heavy atom. The molecule has 1 fully saturated rings. The van der Waals surface area contributed by atoms with Crippen molar-refractivity contribution in [3.05, 3.63) is 99.1 Å². The van der Waals surface area contributed by atoms with Gasteiger partial charge in [-0.05, 0) is 54.6 Å². The molecule has 0 aliphatic carbocycles. The van der Waals surface area contributed by atoms with Crippen LogP contribution >= 0.6 is 11.6 Å². The first kappa shape index (κ1) is 22.3. The van der Waals surface area contributed by atoms with Gasteiger partial charge in [-0.2, -0.15) is 0 Å². The predicted molar refractivity (Wildman–Crippen MR) is 127 cm³/mol. The number of amides is 2. The van der Waals surface area contributed by atoms with Gasteiger partial charge in [-0.1, -0.05) is 17.7 Å².